The topological polar surface area (TPSA) is 0 Å². The molecule has 4 rings (SSSR count). The van der Waals surface area contributed by atoms with E-state index in [1.807, 2.05) is 45.9 Å². The van der Waals surface area contributed by atoms with Crippen LogP contribution < -0.4 is 0 Å². The van der Waals surface area contributed by atoms with Gasteiger partial charge in [0.1, 0.15) is 0 Å². The lowest BCUT2D eigenvalue weighted by Gasteiger charge is -2.32. The van der Waals surface area contributed by atoms with Crippen LogP contribution in [0.4, 0.5) is 0 Å². The fourth-order valence-electron chi connectivity index (χ4n) is 6.26. The van der Waals surface area contributed by atoms with Gasteiger partial charge in [-0.25, -0.2) is 0 Å². The van der Waals surface area contributed by atoms with Crippen LogP contribution in [0, 0.1) is 11.8 Å². The summed E-state index contributed by atoms with van der Waals surface area (Å²) in [5, 5.41) is 0. The Morgan fingerprint density at radius 3 is 2.24 bits per heavy atom. The van der Waals surface area contributed by atoms with Gasteiger partial charge in [0, 0.05) is 5.92 Å². The third kappa shape index (κ3) is 10.4. The van der Waals surface area contributed by atoms with E-state index >= 15 is 0 Å². The van der Waals surface area contributed by atoms with Gasteiger partial charge < -0.3 is 0 Å². The van der Waals surface area contributed by atoms with Crippen molar-refractivity contribution in [3.05, 3.63) is 155 Å². The molecule has 246 valence electrons. The van der Waals surface area contributed by atoms with Crippen molar-refractivity contribution in [2.75, 3.05) is 0 Å². The van der Waals surface area contributed by atoms with E-state index in [2.05, 4.69) is 119 Å². The van der Waals surface area contributed by atoms with Crippen LogP contribution in [0.15, 0.2) is 144 Å². The van der Waals surface area contributed by atoms with Crippen molar-refractivity contribution in [3.63, 3.8) is 0 Å². The predicted octanol–water partition coefficient (Wildman–Crippen LogP) is 14.5. The van der Waals surface area contributed by atoms with Gasteiger partial charge in [-0.15, -0.1) is 0 Å². The lowest BCUT2D eigenvalue weighted by Crippen LogP contribution is -2.17. The normalized spacial score (nSPS) is 19.4. The highest BCUT2D eigenvalue weighted by molar-refractivity contribution is 6.00. The summed E-state index contributed by atoms with van der Waals surface area (Å²) in [5.41, 5.74) is 12.7. The van der Waals surface area contributed by atoms with Crippen LogP contribution in [-0.4, -0.2) is 0 Å². The quantitative estimate of drug-likeness (QED) is 0.136. The lowest BCUT2D eigenvalue weighted by molar-refractivity contribution is 0.373. The number of hydrogen-bond donors (Lipinski definition) is 0. The molecule has 0 bridgehead atoms. The maximum absolute atomic E-state index is 3.93. The molecule has 1 aromatic rings. The molecule has 0 saturated heterocycles. The van der Waals surface area contributed by atoms with Crippen LogP contribution in [0.5, 0.6) is 0 Å². The average molecular weight is 615 g/mol. The third-order valence-electron chi connectivity index (χ3n) is 8.99. The summed E-state index contributed by atoms with van der Waals surface area (Å²) in [6.45, 7) is 22.5. The Morgan fingerprint density at radius 1 is 0.935 bits per heavy atom. The molecule has 1 unspecified atom stereocenters. The molecule has 0 aliphatic heterocycles. The molecular weight excluding hydrogens is 553 g/mol. The van der Waals surface area contributed by atoms with Crippen molar-refractivity contribution in [3.8, 4) is 0 Å². The molecule has 0 radical (unpaired) electrons. The van der Waals surface area contributed by atoms with Gasteiger partial charge in [-0.3, -0.25) is 0 Å². The highest BCUT2D eigenvalue weighted by atomic mass is 14.3. The minimum absolute atomic E-state index is 0.531. The minimum atomic E-state index is 0.531. The Morgan fingerprint density at radius 2 is 1.67 bits per heavy atom. The fourth-order valence-corrected chi connectivity index (χ4v) is 6.26. The molecule has 0 spiro atoms. The predicted molar refractivity (Wildman–Crippen MR) is 210 cm³/mol. The first-order chi connectivity index (χ1) is 22.6. The second-order valence-corrected chi connectivity index (χ2v) is 11.6. The number of rotatable bonds is 15. The fraction of sp³-hybridized carbons (Fsp3) is 0.391. The zero-order valence-electron chi connectivity index (χ0n) is 30.2. The van der Waals surface area contributed by atoms with Crippen LogP contribution in [0.25, 0.3) is 11.1 Å². The largest absolute Gasteiger partial charge is 0.0991 e. The molecule has 3 aliphatic carbocycles. The summed E-state index contributed by atoms with van der Waals surface area (Å²) < 4.78 is 0. The summed E-state index contributed by atoms with van der Waals surface area (Å²) in [5.74, 6) is 1.27. The smallest absolute Gasteiger partial charge is 0.00856 e. The number of unbranched alkanes of at least 4 members (excludes halogenated alkanes) is 1. The van der Waals surface area contributed by atoms with Gasteiger partial charge in [-0.1, -0.05) is 170 Å². The van der Waals surface area contributed by atoms with E-state index in [1.165, 1.54) is 58.3 Å². The van der Waals surface area contributed by atoms with Gasteiger partial charge in [0.15, 0.2) is 0 Å². The van der Waals surface area contributed by atoms with Crippen molar-refractivity contribution in [2.45, 2.75) is 106 Å². The Labute approximate surface area is 283 Å². The SMILES string of the molecule is C=C\C=C/C1=C\C(=C(/CCC)C2=CCC2/C(=C/C=C\CC\C=C(/C=C/C(C=C)=C/C)C2CCC2)CC)c2ccccc21.CC.CC. The lowest BCUT2D eigenvalue weighted by atomic mass is 9.72. The first kappa shape index (κ1) is 38.5. The van der Waals surface area contributed by atoms with Crippen LogP contribution in [0.1, 0.15) is 117 Å². The van der Waals surface area contributed by atoms with Crippen LogP contribution >= 0.6 is 0 Å². The first-order valence-electron chi connectivity index (χ1n) is 18.2. The molecule has 0 nitrogen and oxygen atoms in total. The Bertz CT molecular complexity index is 1400. The van der Waals surface area contributed by atoms with Crippen LogP contribution in [0.3, 0.4) is 0 Å². The minimum Gasteiger partial charge on any atom is -0.0991 e. The number of benzene rings is 1. The van der Waals surface area contributed by atoms with E-state index in [9.17, 15) is 0 Å². The van der Waals surface area contributed by atoms with Crippen molar-refractivity contribution in [2.24, 2.45) is 11.8 Å². The van der Waals surface area contributed by atoms with Crippen molar-refractivity contribution in [1.29, 1.82) is 0 Å². The number of fused-ring (bicyclic) bond motifs is 1. The van der Waals surface area contributed by atoms with Crippen molar-refractivity contribution in [1.82, 2.24) is 0 Å². The first-order valence-corrected chi connectivity index (χ1v) is 18.2. The van der Waals surface area contributed by atoms with E-state index in [1.54, 1.807) is 11.1 Å². The van der Waals surface area contributed by atoms with Crippen molar-refractivity contribution < 1.29 is 0 Å². The van der Waals surface area contributed by atoms with E-state index < -0.39 is 0 Å². The number of hydrogen-bond acceptors (Lipinski definition) is 0. The average Bonchev–Trinajstić information content (AvgIpc) is 3.43. The molecule has 0 aromatic heterocycles. The Balaban J connectivity index is 0.00000177. The summed E-state index contributed by atoms with van der Waals surface area (Å²) >= 11 is 0. The molecule has 1 saturated carbocycles. The standard InChI is InChI=1S/C42H50.2C2H6/c1-6-11-20-36-31-42(40-26-17-16-25-37(36)40)39(19-7-2)41-30-29-38(41)33(10-5)21-14-12-13-15-22-35(34-23-18-24-34)28-27-32(8-3)9-4;2*1-2/h6,8-9,11-12,14,16-17,20-22,25-28,30-31,34,38H,1,3,7,10,13,15,18-19,23-24,29H2,2,4-5H3;2*1-2H3/b14-12-,20-11-,28-27+,32-9+,33-21+,35-22+,42-39-;;. The van der Waals surface area contributed by atoms with E-state index in [-0.39, 0.29) is 0 Å². The zero-order chi connectivity index (χ0) is 33.7. The zero-order valence-corrected chi connectivity index (χ0v) is 30.2. The molecule has 1 aromatic carbocycles. The Hall–Kier alpha value is -3.64. The van der Waals surface area contributed by atoms with Gasteiger partial charge in [-0.2, -0.15) is 0 Å². The van der Waals surface area contributed by atoms with Gasteiger partial charge in [0.25, 0.3) is 0 Å². The molecule has 0 heterocycles. The van der Waals surface area contributed by atoms with Crippen LogP contribution in [-0.2, 0) is 0 Å². The van der Waals surface area contributed by atoms with Gasteiger partial charge >= 0.3 is 0 Å². The molecule has 3 aliphatic rings. The summed E-state index contributed by atoms with van der Waals surface area (Å²) in [6, 6.07) is 8.86. The summed E-state index contributed by atoms with van der Waals surface area (Å²) in [7, 11) is 0. The molecule has 0 heteroatoms. The monoisotopic (exact) mass is 614 g/mol. The molecular formula is C46H62. The molecule has 1 fully saturated rings. The summed E-state index contributed by atoms with van der Waals surface area (Å²) in [4.78, 5) is 0. The van der Waals surface area contributed by atoms with Crippen LogP contribution in [0.2, 0.25) is 0 Å². The Kier molecular flexibility index (Phi) is 18.4. The van der Waals surface area contributed by atoms with Gasteiger partial charge in [-0.05, 0) is 108 Å². The molecule has 0 amide bonds. The summed E-state index contributed by atoms with van der Waals surface area (Å²) in [6.07, 6.45) is 39.8. The molecule has 1 atom stereocenters. The van der Waals surface area contributed by atoms with E-state index in [0.717, 1.165) is 44.4 Å². The molecule has 46 heavy (non-hydrogen) atoms. The van der Waals surface area contributed by atoms with Crippen molar-refractivity contribution >= 4 is 11.1 Å². The maximum atomic E-state index is 3.93. The van der Waals surface area contributed by atoms with Gasteiger partial charge in [0.05, 0.1) is 0 Å². The third-order valence-corrected chi connectivity index (χ3v) is 8.99. The highest BCUT2D eigenvalue weighted by Gasteiger charge is 2.30. The second-order valence-electron chi connectivity index (χ2n) is 11.6. The van der Waals surface area contributed by atoms with E-state index in [0.29, 0.717) is 5.92 Å². The number of allylic oxidation sites excluding steroid dienone is 20. The maximum Gasteiger partial charge on any atom is 0.00856 e. The highest BCUT2D eigenvalue weighted by Crippen LogP contribution is 2.47. The second kappa shape index (κ2) is 22.0. The molecule has 0 N–H and O–H groups in total. The van der Waals surface area contributed by atoms with Gasteiger partial charge in [0.2, 0.25) is 0 Å². The van der Waals surface area contributed by atoms with E-state index in [4.69, 9.17) is 0 Å².